The van der Waals surface area contributed by atoms with Gasteiger partial charge in [-0.05, 0) is 55.3 Å². The standard InChI is InChI=1S/C18H19ClN2O3/c1-3-13-4-6-14(7-5-13)18(23)21-20-17(22)12(2)24-16-10-8-15(19)9-11-16/h4-12H,3H2,1-2H3,(H,20,22)(H,21,23). The summed E-state index contributed by atoms with van der Waals surface area (Å²) in [4.78, 5) is 24.0. The highest BCUT2D eigenvalue weighted by atomic mass is 35.5. The summed E-state index contributed by atoms with van der Waals surface area (Å²) < 4.78 is 5.48. The van der Waals surface area contributed by atoms with Crippen molar-refractivity contribution in [1.29, 1.82) is 0 Å². The lowest BCUT2D eigenvalue weighted by Crippen LogP contribution is -2.47. The molecule has 1 atom stereocenters. The SMILES string of the molecule is CCc1ccc(C(=O)NNC(=O)C(C)Oc2ccc(Cl)cc2)cc1. The topological polar surface area (TPSA) is 67.4 Å². The number of aryl methyl sites for hydroxylation is 1. The second kappa shape index (κ2) is 8.36. The molecule has 6 heteroatoms. The third-order valence-corrected chi connectivity index (χ3v) is 3.67. The first-order valence-corrected chi connectivity index (χ1v) is 7.98. The highest BCUT2D eigenvalue weighted by molar-refractivity contribution is 6.30. The normalized spacial score (nSPS) is 11.5. The molecule has 5 nitrogen and oxygen atoms in total. The van der Waals surface area contributed by atoms with E-state index in [1.165, 1.54) is 0 Å². The Bertz CT molecular complexity index is 699. The zero-order valence-corrected chi connectivity index (χ0v) is 14.3. The first-order chi connectivity index (χ1) is 11.5. The second-order valence-corrected chi connectivity index (χ2v) is 5.64. The van der Waals surface area contributed by atoms with Gasteiger partial charge in [-0.25, -0.2) is 0 Å². The summed E-state index contributed by atoms with van der Waals surface area (Å²) in [5, 5.41) is 0.584. The van der Waals surface area contributed by atoms with Gasteiger partial charge in [0, 0.05) is 10.6 Å². The molecule has 2 rings (SSSR count). The summed E-state index contributed by atoms with van der Waals surface area (Å²) in [5.41, 5.74) is 6.33. The van der Waals surface area contributed by atoms with E-state index in [0.29, 0.717) is 16.3 Å². The van der Waals surface area contributed by atoms with Crippen molar-refractivity contribution < 1.29 is 14.3 Å². The van der Waals surface area contributed by atoms with Crippen LogP contribution in [0.4, 0.5) is 0 Å². The highest BCUT2D eigenvalue weighted by Crippen LogP contribution is 2.16. The molecule has 0 heterocycles. The summed E-state index contributed by atoms with van der Waals surface area (Å²) in [7, 11) is 0. The number of hydrogen-bond acceptors (Lipinski definition) is 3. The zero-order valence-electron chi connectivity index (χ0n) is 13.5. The van der Waals surface area contributed by atoms with E-state index in [2.05, 4.69) is 10.9 Å². The molecular weight excluding hydrogens is 328 g/mol. The summed E-state index contributed by atoms with van der Waals surface area (Å²) in [6.07, 6.45) is 0.131. The Balaban J connectivity index is 1.84. The van der Waals surface area contributed by atoms with Crippen molar-refractivity contribution in [3.05, 3.63) is 64.7 Å². The number of ether oxygens (including phenoxy) is 1. The van der Waals surface area contributed by atoms with Crippen LogP contribution in [0, 0.1) is 0 Å². The van der Waals surface area contributed by atoms with Crippen LogP contribution >= 0.6 is 11.6 Å². The van der Waals surface area contributed by atoms with Crippen molar-refractivity contribution in [2.45, 2.75) is 26.4 Å². The number of hydrazine groups is 1. The van der Waals surface area contributed by atoms with Crippen LogP contribution in [0.25, 0.3) is 0 Å². The molecule has 0 radical (unpaired) electrons. The van der Waals surface area contributed by atoms with Gasteiger partial charge < -0.3 is 4.74 Å². The summed E-state index contributed by atoms with van der Waals surface area (Å²) in [6.45, 7) is 3.63. The molecule has 0 aliphatic carbocycles. The van der Waals surface area contributed by atoms with Gasteiger partial charge >= 0.3 is 0 Å². The van der Waals surface area contributed by atoms with E-state index in [1.807, 2.05) is 19.1 Å². The van der Waals surface area contributed by atoms with Gasteiger partial charge in [0.2, 0.25) is 0 Å². The summed E-state index contributed by atoms with van der Waals surface area (Å²) >= 11 is 5.79. The van der Waals surface area contributed by atoms with Crippen LogP contribution in [0.2, 0.25) is 5.02 Å². The lowest BCUT2D eigenvalue weighted by atomic mass is 10.1. The number of halogens is 1. The smallest absolute Gasteiger partial charge is 0.279 e. The molecule has 0 saturated heterocycles. The van der Waals surface area contributed by atoms with E-state index >= 15 is 0 Å². The number of benzene rings is 2. The van der Waals surface area contributed by atoms with Crippen molar-refractivity contribution in [3.63, 3.8) is 0 Å². The van der Waals surface area contributed by atoms with E-state index in [9.17, 15) is 9.59 Å². The van der Waals surface area contributed by atoms with Crippen LogP contribution in [-0.2, 0) is 11.2 Å². The Hall–Kier alpha value is -2.53. The third kappa shape index (κ3) is 4.99. The number of carbonyl (C=O) groups excluding carboxylic acids is 2. The van der Waals surface area contributed by atoms with Crippen molar-refractivity contribution in [2.24, 2.45) is 0 Å². The predicted molar refractivity (Wildman–Crippen MR) is 93.0 cm³/mol. The molecule has 0 fully saturated rings. The highest BCUT2D eigenvalue weighted by Gasteiger charge is 2.15. The Labute approximate surface area is 145 Å². The minimum atomic E-state index is -0.769. The zero-order chi connectivity index (χ0) is 17.5. The quantitative estimate of drug-likeness (QED) is 0.817. The van der Waals surface area contributed by atoms with Crippen molar-refractivity contribution >= 4 is 23.4 Å². The van der Waals surface area contributed by atoms with Crippen LogP contribution < -0.4 is 15.6 Å². The molecule has 0 saturated carbocycles. The van der Waals surface area contributed by atoms with Gasteiger partial charge in [0.05, 0.1) is 0 Å². The maximum atomic E-state index is 12.0. The Morgan fingerprint density at radius 3 is 2.25 bits per heavy atom. The van der Waals surface area contributed by atoms with E-state index in [0.717, 1.165) is 12.0 Å². The lowest BCUT2D eigenvalue weighted by Gasteiger charge is -2.15. The lowest BCUT2D eigenvalue weighted by molar-refractivity contribution is -0.128. The van der Waals surface area contributed by atoms with Crippen LogP contribution in [0.15, 0.2) is 48.5 Å². The summed E-state index contributed by atoms with van der Waals surface area (Å²) in [5.74, 6) is -0.322. The number of rotatable bonds is 5. The van der Waals surface area contributed by atoms with E-state index in [4.69, 9.17) is 16.3 Å². The fraction of sp³-hybridized carbons (Fsp3) is 0.222. The molecular formula is C18H19ClN2O3. The molecule has 24 heavy (non-hydrogen) atoms. The predicted octanol–water partition coefficient (Wildman–Crippen LogP) is 3.13. The maximum Gasteiger partial charge on any atom is 0.279 e. The van der Waals surface area contributed by atoms with Crippen LogP contribution in [0.5, 0.6) is 5.75 Å². The van der Waals surface area contributed by atoms with Crippen LogP contribution in [0.3, 0.4) is 0 Å². The first kappa shape index (κ1) is 17.8. The fourth-order valence-corrected chi connectivity index (χ4v) is 2.08. The van der Waals surface area contributed by atoms with Gasteiger partial charge in [-0.1, -0.05) is 30.7 Å². The van der Waals surface area contributed by atoms with Gasteiger partial charge in [0.1, 0.15) is 5.75 Å². The van der Waals surface area contributed by atoms with Gasteiger partial charge in [0.15, 0.2) is 6.10 Å². The number of carbonyl (C=O) groups is 2. The van der Waals surface area contributed by atoms with Gasteiger partial charge in [-0.15, -0.1) is 0 Å². The van der Waals surface area contributed by atoms with Gasteiger partial charge in [0.25, 0.3) is 11.8 Å². The third-order valence-electron chi connectivity index (χ3n) is 3.42. The molecule has 0 spiro atoms. The fourth-order valence-electron chi connectivity index (χ4n) is 1.95. The first-order valence-electron chi connectivity index (χ1n) is 7.61. The van der Waals surface area contributed by atoms with E-state index < -0.39 is 12.0 Å². The number of hydrogen-bond donors (Lipinski definition) is 2. The molecule has 2 aromatic rings. The minimum absolute atomic E-state index is 0.385. The molecule has 0 aromatic heterocycles. The Morgan fingerprint density at radius 2 is 1.67 bits per heavy atom. The van der Waals surface area contributed by atoms with Crippen molar-refractivity contribution in [3.8, 4) is 5.75 Å². The molecule has 0 aliphatic rings. The van der Waals surface area contributed by atoms with Crippen molar-refractivity contribution in [2.75, 3.05) is 0 Å². The Morgan fingerprint density at radius 1 is 1.04 bits per heavy atom. The van der Waals surface area contributed by atoms with E-state index in [1.54, 1.807) is 43.3 Å². The van der Waals surface area contributed by atoms with Crippen LogP contribution in [0.1, 0.15) is 29.8 Å². The molecule has 0 bridgehead atoms. The van der Waals surface area contributed by atoms with Crippen LogP contribution in [-0.4, -0.2) is 17.9 Å². The van der Waals surface area contributed by atoms with Gasteiger partial charge in [-0.3, -0.25) is 20.4 Å². The summed E-state index contributed by atoms with van der Waals surface area (Å²) in [6, 6.07) is 13.9. The van der Waals surface area contributed by atoms with E-state index in [-0.39, 0.29) is 5.91 Å². The number of amides is 2. The molecule has 126 valence electrons. The molecule has 2 N–H and O–H groups in total. The average molecular weight is 347 g/mol. The molecule has 1 unspecified atom stereocenters. The molecule has 0 aliphatic heterocycles. The average Bonchev–Trinajstić information content (AvgIpc) is 2.61. The molecule has 2 amide bonds. The van der Waals surface area contributed by atoms with Gasteiger partial charge in [-0.2, -0.15) is 0 Å². The maximum absolute atomic E-state index is 12.0. The Kier molecular flexibility index (Phi) is 6.21. The minimum Gasteiger partial charge on any atom is -0.481 e. The largest absolute Gasteiger partial charge is 0.481 e. The number of nitrogens with one attached hydrogen (secondary N) is 2. The van der Waals surface area contributed by atoms with Crippen molar-refractivity contribution in [1.82, 2.24) is 10.9 Å². The second-order valence-electron chi connectivity index (χ2n) is 5.21. The monoisotopic (exact) mass is 346 g/mol. The molecule has 2 aromatic carbocycles.